The molecule has 5 nitrogen and oxygen atoms in total. The van der Waals surface area contributed by atoms with Crippen LogP contribution in [0.15, 0.2) is 18.3 Å². The summed E-state index contributed by atoms with van der Waals surface area (Å²) in [6.07, 6.45) is 3.86. The average Bonchev–Trinajstić information content (AvgIpc) is 2.34. The van der Waals surface area contributed by atoms with E-state index in [0.717, 1.165) is 12.8 Å². The van der Waals surface area contributed by atoms with E-state index in [1.165, 1.54) is 6.92 Å². The number of ether oxygens (including phenoxy) is 2. The van der Waals surface area contributed by atoms with Crippen LogP contribution in [0, 0.1) is 0 Å². The third kappa shape index (κ3) is 4.49. The summed E-state index contributed by atoms with van der Waals surface area (Å²) in [4.78, 5) is 15.0. The number of carbonyl (C=O) groups is 1. The molecule has 2 rings (SSSR count). The van der Waals surface area contributed by atoms with Crippen molar-refractivity contribution in [3.63, 3.8) is 0 Å². The third-order valence-corrected chi connectivity index (χ3v) is 3.10. The van der Waals surface area contributed by atoms with Crippen LogP contribution in [0.5, 0.6) is 11.6 Å². The van der Waals surface area contributed by atoms with Gasteiger partial charge in [-0.2, -0.15) is 0 Å². The molecule has 110 valence electrons. The first-order chi connectivity index (χ1) is 9.52. The monoisotopic (exact) mass is 278 g/mol. The molecule has 0 amide bonds. The molecular formula is C15H22N2O3. The van der Waals surface area contributed by atoms with E-state index in [-0.39, 0.29) is 18.5 Å². The molecule has 0 radical (unpaired) electrons. The Hall–Kier alpha value is -1.62. The highest BCUT2D eigenvalue weighted by Gasteiger charge is 2.31. The van der Waals surface area contributed by atoms with E-state index in [1.807, 2.05) is 0 Å². The maximum atomic E-state index is 10.8. The SMILES string of the molecule is CC(=O)COc1ccc(O[C@H]2C[C@@H](NC(C)C)C2)nc1. The molecule has 0 spiro atoms. The number of carbonyl (C=O) groups excluding carboxylic acids is 1. The minimum Gasteiger partial charge on any atom is -0.484 e. The number of pyridine rings is 1. The van der Waals surface area contributed by atoms with E-state index in [9.17, 15) is 4.79 Å². The Kier molecular flexibility index (Phi) is 4.95. The average molecular weight is 278 g/mol. The van der Waals surface area contributed by atoms with Crippen LogP contribution >= 0.6 is 0 Å². The fourth-order valence-electron chi connectivity index (χ4n) is 2.15. The van der Waals surface area contributed by atoms with Crippen LogP contribution in [0.1, 0.15) is 33.6 Å². The summed E-state index contributed by atoms with van der Waals surface area (Å²) >= 11 is 0. The largest absolute Gasteiger partial charge is 0.484 e. The van der Waals surface area contributed by atoms with E-state index in [0.29, 0.717) is 23.7 Å². The Morgan fingerprint density at radius 1 is 1.45 bits per heavy atom. The van der Waals surface area contributed by atoms with Gasteiger partial charge in [0.05, 0.1) is 6.20 Å². The molecule has 1 aromatic rings. The van der Waals surface area contributed by atoms with E-state index in [1.54, 1.807) is 18.3 Å². The van der Waals surface area contributed by atoms with E-state index in [2.05, 4.69) is 24.1 Å². The lowest BCUT2D eigenvalue weighted by Gasteiger charge is -2.36. The van der Waals surface area contributed by atoms with Gasteiger partial charge in [-0.15, -0.1) is 0 Å². The van der Waals surface area contributed by atoms with E-state index >= 15 is 0 Å². The van der Waals surface area contributed by atoms with Gasteiger partial charge in [-0.3, -0.25) is 4.79 Å². The molecule has 1 aromatic heterocycles. The van der Waals surface area contributed by atoms with Crippen LogP contribution in [-0.2, 0) is 4.79 Å². The molecule has 1 heterocycles. The van der Waals surface area contributed by atoms with Crippen molar-refractivity contribution >= 4 is 5.78 Å². The zero-order valence-electron chi connectivity index (χ0n) is 12.3. The lowest BCUT2D eigenvalue weighted by Crippen LogP contribution is -2.49. The van der Waals surface area contributed by atoms with Gasteiger partial charge in [0.1, 0.15) is 18.5 Å². The van der Waals surface area contributed by atoms with Crippen LogP contribution in [-0.4, -0.2) is 35.6 Å². The Labute approximate surface area is 119 Å². The van der Waals surface area contributed by atoms with E-state index < -0.39 is 0 Å². The zero-order valence-corrected chi connectivity index (χ0v) is 12.3. The van der Waals surface area contributed by atoms with Gasteiger partial charge in [-0.05, 0) is 25.8 Å². The number of hydrogen-bond acceptors (Lipinski definition) is 5. The highest BCUT2D eigenvalue weighted by Crippen LogP contribution is 2.26. The maximum Gasteiger partial charge on any atom is 0.213 e. The summed E-state index contributed by atoms with van der Waals surface area (Å²) in [5.41, 5.74) is 0. The summed E-state index contributed by atoms with van der Waals surface area (Å²) in [7, 11) is 0. The van der Waals surface area contributed by atoms with Gasteiger partial charge in [-0.25, -0.2) is 4.98 Å². The lowest BCUT2D eigenvalue weighted by atomic mass is 9.89. The second-order valence-electron chi connectivity index (χ2n) is 5.55. The summed E-state index contributed by atoms with van der Waals surface area (Å²) in [6.45, 7) is 5.86. The predicted octanol–water partition coefficient (Wildman–Crippen LogP) is 1.96. The molecule has 0 unspecified atom stereocenters. The van der Waals surface area contributed by atoms with Gasteiger partial charge in [0.15, 0.2) is 5.78 Å². The van der Waals surface area contributed by atoms with Gasteiger partial charge < -0.3 is 14.8 Å². The molecular weight excluding hydrogens is 256 g/mol. The first-order valence-electron chi connectivity index (χ1n) is 7.04. The first kappa shape index (κ1) is 14.8. The highest BCUT2D eigenvalue weighted by atomic mass is 16.5. The van der Waals surface area contributed by atoms with Crippen molar-refractivity contribution in [1.82, 2.24) is 10.3 Å². The standard InChI is InChI=1S/C15H22N2O3/c1-10(2)17-12-6-14(7-12)20-15-5-4-13(8-16-15)19-9-11(3)18/h4-5,8,10,12,14,17H,6-7,9H2,1-3H3/t12-,14+. The van der Waals surface area contributed by atoms with Crippen LogP contribution in [0.2, 0.25) is 0 Å². The van der Waals surface area contributed by atoms with Gasteiger partial charge >= 0.3 is 0 Å². The molecule has 20 heavy (non-hydrogen) atoms. The van der Waals surface area contributed by atoms with Crippen molar-refractivity contribution in [3.05, 3.63) is 18.3 Å². The number of ketones is 1. The molecule has 5 heteroatoms. The summed E-state index contributed by atoms with van der Waals surface area (Å²) < 4.78 is 11.0. The van der Waals surface area contributed by atoms with Gasteiger partial charge in [0.25, 0.3) is 0 Å². The van der Waals surface area contributed by atoms with Crippen molar-refractivity contribution in [2.24, 2.45) is 0 Å². The molecule has 0 atom stereocenters. The molecule has 1 N–H and O–H groups in total. The van der Waals surface area contributed by atoms with Crippen molar-refractivity contribution < 1.29 is 14.3 Å². The lowest BCUT2D eigenvalue weighted by molar-refractivity contribution is -0.118. The zero-order chi connectivity index (χ0) is 14.5. The highest BCUT2D eigenvalue weighted by molar-refractivity contribution is 5.77. The predicted molar refractivity (Wildman–Crippen MR) is 76.1 cm³/mol. The normalized spacial score (nSPS) is 21.4. The molecule has 1 aliphatic rings. The Morgan fingerprint density at radius 2 is 2.20 bits per heavy atom. The van der Waals surface area contributed by atoms with E-state index in [4.69, 9.17) is 9.47 Å². The second-order valence-corrected chi connectivity index (χ2v) is 5.55. The smallest absolute Gasteiger partial charge is 0.213 e. The molecule has 0 aliphatic heterocycles. The fourth-order valence-corrected chi connectivity index (χ4v) is 2.15. The molecule has 1 fully saturated rings. The Morgan fingerprint density at radius 3 is 2.75 bits per heavy atom. The van der Waals surface area contributed by atoms with Crippen LogP contribution in [0.4, 0.5) is 0 Å². The molecule has 0 bridgehead atoms. The van der Waals surface area contributed by atoms with Crippen molar-refractivity contribution in [2.75, 3.05) is 6.61 Å². The summed E-state index contributed by atoms with van der Waals surface area (Å²) in [6, 6.07) is 4.61. The maximum absolute atomic E-state index is 10.8. The number of rotatable bonds is 7. The number of Topliss-reactive ketones (excluding diaryl/α,β-unsaturated/α-hetero) is 1. The summed E-state index contributed by atoms with van der Waals surface area (Å²) in [5.74, 6) is 1.18. The first-order valence-corrected chi connectivity index (χ1v) is 7.04. The van der Waals surface area contributed by atoms with Crippen LogP contribution < -0.4 is 14.8 Å². The summed E-state index contributed by atoms with van der Waals surface area (Å²) in [5, 5.41) is 3.48. The fraction of sp³-hybridized carbons (Fsp3) is 0.600. The van der Waals surface area contributed by atoms with Gasteiger partial charge in [0, 0.05) is 18.2 Å². The number of nitrogens with one attached hydrogen (secondary N) is 1. The Bertz CT molecular complexity index is 439. The minimum absolute atomic E-state index is 0.0107. The quantitative estimate of drug-likeness (QED) is 0.826. The Balaban J connectivity index is 1.73. The van der Waals surface area contributed by atoms with Crippen molar-refractivity contribution in [2.45, 2.75) is 51.8 Å². The number of aromatic nitrogens is 1. The number of hydrogen-bond donors (Lipinski definition) is 1. The molecule has 1 aliphatic carbocycles. The molecule has 1 saturated carbocycles. The van der Waals surface area contributed by atoms with Gasteiger partial charge in [-0.1, -0.05) is 13.8 Å². The number of nitrogens with zero attached hydrogens (tertiary/aromatic N) is 1. The third-order valence-electron chi connectivity index (χ3n) is 3.10. The topological polar surface area (TPSA) is 60.5 Å². The van der Waals surface area contributed by atoms with Gasteiger partial charge in [0.2, 0.25) is 5.88 Å². The second kappa shape index (κ2) is 6.70. The molecule has 0 aromatic carbocycles. The van der Waals surface area contributed by atoms with Crippen LogP contribution in [0.25, 0.3) is 0 Å². The minimum atomic E-state index is -0.0107. The van der Waals surface area contributed by atoms with Crippen LogP contribution in [0.3, 0.4) is 0 Å². The molecule has 0 saturated heterocycles. The van der Waals surface area contributed by atoms with Crippen molar-refractivity contribution in [3.8, 4) is 11.6 Å². The van der Waals surface area contributed by atoms with Crippen molar-refractivity contribution in [1.29, 1.82) is 0 Å².